The largest absolute Gasteiger partial charge is 0.317 e. The van der Waals surface area contributed by atoms with Crippen molar-refractivity contribution in [1.82, 2.24) is 14.5 Å². The molecule has 2 rings (SSSR count). The number of pyridine rings is 1. The van der Waals surface area contributed by atoms with E-state index in [4.69, 9.17) is 0 Å². The molecule has 0 saturated carbocycles. The van der Waals surface area contributed by atoms with Crippen LogP contribution >= 0.6 is 0 Å². The minimum atomic E-state index is -0.334. The Labute approximate surface area is 109 Å². The molecule has 96 valence electrons. The van der Waals surface area contributed by atoms with Gasteiger partial charge in [0.25, 0.3) is 11.1 Å². The fourth-order valence-electron chi connectivity index (χ4n) is 1.76. The molecule has 1 N–H and O–H groups in total. The van der Waals surface area contributed by atoms with E-state index in [9.17, 15) is 9.59 Å². The Balaban J connectivity index is 2.88. The highest BCUT2D eigenvalue weighted by Gasteiger charge is 2.09. The topological polar surface area (TPSA) is 67.8 Å². The second-order valence-corrected chi connectivity index (χ2v) is 3.94. The molecule has 0 fully saturated rings. The van der Waals surface area contributed by atoms with E-state index in [2.05, 4.69) is 23.1 Å². The first-order valence-electron chi connectivity index (χ1n) is 5.64. The number of fused-ring (bicyclic) bond motifs is 1. The fourth-order valence-corrected chi connectivity index (χ4v) is 1.76. The van der Waals surface area contributed by atoms with Crippen LogP contribution in [0.15, 0.2) is 53.1 Å². The highest BCUT2D eigenvalue weighted by Crippen LogP contribution is 2.11. The summed E-state index contributed by atoms with van der Waals surface area (Å²) in [4.78, 5) is 30.5. The molecule has 0 aromatic carbocycles. The Morgan fingerprint density at radius 3 is 2.74 bits per heavy atom. The van der Waals surface area contributed by atoms with Crippen LogP contribution in [-0.2, 0) is 7.05 Å². The minimum absolute atomic E-state index is 0.189. The second kappa shape index (κ2) is 4.89. The molecule has 0 aliphatic rings. The van der Waals surface area contributed by atoms with Gasteiger partial charge in [-0.25, -0.2) is 4.98 Å². The molecular formula is C14H13N3O2. The average molecular weight is 255 g/mol. The van der Waals surface area contributed by atoms with Gasteiger partial charge >= 0.3 is 0 Å². The van der Waals surface area contributed by atoms with Crippen LogP contribution in [0.3, 0.4) is 0 Å². The monoisotopic (exact) mass is 255 g/mol. The Bertz CT molecular complexity index is 810. The van der Waals surface area contributed by atoms with Gasteiger partial charge in [-0.05, 0) is 6.07 Å². The number of aryl methyl sites for hydroxylation is 1. The number of nitrogens with one attached hydrogen (secondary N) is 1. The van der Waals surface area contributed by atoms with Crippen LogP contribution in [0.2, 0.25) is 0 Å². The lowest BCUT2D eigenvalue weighted by Gasteiger charge is -2.06. The molecule has 0 unspecified atom stereocenters. The Morgan fingerprint density at radius 1 is 1.37 bits per heavy atom. The van der Waals surface area contributed by atoms with E-state index < -0.39 is 0 Å². The van der Waals surface area contributed by atoms with E-state index in [0.717, 1.165) is 0 Å². The Kier molecular flexibility index (Phi) is 3.29. The molecule has 2 aromatic heterocycles. The number of allylic oxidation sites excluding steroid dienone is 4. The van der Waals surface area contributed by atoms with Gasteiger partial charge in [-0.1, -0.05) is 31.4 Å². The van der Waals surface area contributed by atoms with Crippen LogP contribution in [0.5, 0.6) is 0 Å². The third-order valence-electron chi connectivity index (χ3n) is 2.75. The first-order chi connectivity index (χ1) is 9.08. The molecule has 0 saturated heterocycles. The van der Waals surface area contributed by atoms with Gasteiger partial charge in [-0.2, -0.15) is 0 Å². The number of aromatic nitrogens is 3. The molecule has 0 aliphatic heterocycles. The molecule has 5 nitrogen and oxygen atoms in total. The van der Waals surface area contributed by atoms with E-state index in [0.29, 0.717) is 16.7 Å². The van der Waals surface area contributed by atoms with E-state index in [1.165, 1.54) is 16.7 Å². The van der Waals surface area contributed by atoms with Crippen molar-refractivity contribution in [3.05, 3.63) is 69.9 Å². The molecule has 0 aliphatic carbocycles. The summed E-state index contributed by atoms with van der Waals surface area (Å²) in [7, 11) is 1.60. The predicted octanol–water partition coefficient (Wildman–Crippen LogP) is 1.38. The summed E-state index contributed by atoms with van der Waals surface area (Å²) in [5, 5.41) is 0. The van der Waals surface area contributed by atoms with Gasteiger partial charge in [-0.3, -0.25) is 14.2 Å². The lowest BCUT2D eigenvalue weighted by atomic mass is 10.1. The summed E-state index contributed by atoms with van der Waals surface area (Å²) >= 11 is 0. The van der Waals surface area contributed by atoms with Gasteiger partial charge in [0.05, 0.1) is 5.52 Å². The van der Waals surface area contributed by atoms with Crippen molar-refractivity contribution in [3.63, 3.8) is 0 Å². The maximum Gasteiger partial charge on any atom is 0.275 e. The zero-order chi connectivity index (χ0) is 14.0. The number of hydrogen-bond acceptors (Lipinski definition) is 3. The molecule has 0 amide bonds. The van der Waals surface area contributed by atoms with Crippen molar-refractivity contribution in [2.45, 2.75) is 0 Å². The highest BCUT2D eigenvalue weighted by atomic mass is 16.1. The van der Waals surface area contributed by atoms with Gasteiger partial charge < -0.3 is 4.98 Å². The molecule has 5 heteroatoms. The molecule has 0 bridgehead atoms. The quantitative estimate of drug-likeness (QED) is 0.842. The normalized spacial score (nSPS) is 11.5. The number of hydrogen-bond donors (Lipinski definition) is 1. The first kappa shape index (κ1) is 12.8. The molecule has 2 aromatic rings. The van der Waals surface area contributed by atoms with Crippen LogP contribution in [0.25, 0.3) is 16.7 Å². The SMILES string of the molecule is C=C/C=C(\C=C)c1nc2c(ccc(=O)n2C)[nH]c1=O. The molecule has 0 spiro atoms. The maximum absolute atomic E-state index is 12.0. The number of H-pyrrole nitrogens is 1. The highest BCUT2D eigenvalue weighted by molar-refractivity contribution is 5.77. The number of aromatic amines is 1. The summed E-state index contributed by atoms with van der Waals surface area (Å²) in [6.07, 6.45) is 4.70. The lowest BCUT2D eigenvalue weighted by Crippen LogP contribution is -2.21. The number of rotatable bonds is 3. The van der Waals surface area contributed by atoms with Crippen molar-refractivity contribution >= 4 is 16.7 Å². The van der Waals surface area contributed by atoms with Crippen LogP contribution in [-0.4, -0.2) is 14.5 Å². The third kappa shape index (κ3) is 2.18. The molecule has 19 heavy (non-hydrogen) atoms. The smallest absolute Gasteiger partial charge is 0.275 e. The summed E-state index contributed by atoms with van der Waals surface area (Å²) < 4.78 is 1.38. The summed E-state index contributed by atoms with van der Waals surface area (Å²) in [5.74, 6) is 0. The standard InChI is InChI=1S/C14H13N3O2/c1-4-6-9(5-2)12-14(19)15-10-7-8-11(18)17(3)13(10)16-12/h4-8H,1-2H2,3H3,(H,15,19)/b9-6+. The molecular weight excluding hydrogens is 242 g/mol. The van der Waals surface area contributed by atoms with E-state index in [-0.39, 0.29) is 16.8 Å². The molecule has 2 heterocycles. The van der Waals surface area contributed by atoms with Gasteiger partial charge in [0, 0.05) is 18.7 Å². The predicted molar refractivity (Wildman–Crippen MR) is 76.0 cm³/mol. The zero-order valence-corrected chi connectivity index (χ0v) is 10.5. The van der Waals surface area contributed by atoms with Crippen molar-refractivity contribution in [2.24, 2.45) is 7.05 Å². The van der Waals surface area contributed by atoms with Crippen LogP contribution in [0, 0.1) is 0 Å². The fraction of sp³-hybridized carbons (Fsp3) is 0.0714. The van der Waals surface area contributed by atoms with Crippen LogP contribution in [0.4, 0.5) is 0 Å². The summed E-state index contributed by atoms with van der Waals surface area (Å²) in [5.41, 5.74) is 1.17. The van der Waals surface area contributed by atoms with Gasteiger partial charge in [0.1, 0.15) is 5.69 Å². The summed E-state index contributed by atoms with van der Waals surface area (Å²) in [6.45, 7) is 7.22. The minimum Gasteiger partial charge on any atom is -0.317 e. The Hall–Kier alpha value is -2.69. The third-order valence-corrected chi connectivity index (χ3v) is 2.75. The van der Waals surface area contributed by atoms with Crippen molar-refractivity contribution in [2.75, 3.05) is 0 Å². The maximum atomic E-state index is 12.0. The van der Waals surface area contributed by atoms with E-state index in [1.807, 2.05) is 0 Å². The Morgan fingerprint density at radius 2 is 2.11 bits per heavy atom. The van der Waals surface area contributed by atoms with Gasteiger partial charge in [0.2, 0.25) is 0 Å². The zero-order valence-electron chi connectivity index (χ0n) is 10.5. The lowest BCUT2D eigenvalue weighted by molar-refractivity contribution is 0.879. The van der Waals surface area contributed by atoms with Crippen molar-refractivity contribution in [1.29, 1.82) is 0 Å². The molecule has 0 radical (unpaired) electrons. The number of nitrogens with zero attached hydrogens (tertiary/aromatic N) is 2. The van der Waals surface area contributed by atoms with Crippen LogP contribution < -0.4 is 11.1 Å². The van der Waals surface area contributed by atoms with E-state index >= 15 is 0 Å². The van der Waals surface area contributed by atoms with Crippen molar-refractivity contribution in [3.8, 4) is 0 Å². The average Bonchev–Trinajstić information content (AvgIpc) is 2.40. The van der Waals surface area contributed by atoms with E-state index in [1.54, 1.807) is 25.3 Å². The summed E-state index contributed by atoms with van der Waals surface area (Å²) in [6, 6.07) is 2.92. The molecule has 0 atom stereocenters. The van der Waals surface area contributed by atoms with Crippen molar-refractivity contribution < 1.29 is 0 Å². The second-order valence-electron chi connectivity index (χ2n) is 3.94. The first-order valence-corrected chi connectivity index (χ1v) is 5.64. The van der Waals surface area contributed by atoms with Crippen LogP contribution in [0.1, 0.15) is 5.69 Å². The van der Waals surface area contributed by atoms with Gasteiger partial charge in [0.15, 0.2) is 5.65 Å². The van der Waals surface area contributed by atoms with Gasteiger partial charge in [-0.15, -0.1) is 0 Å².